The highest BCUT2D eigenvalue weighted by Crippen LogP contribution is 2.36. The van der Waals surface area contributed by atoms with E-state index in [-0.39, 0.29) is 19.1 Å². The van der Waals surface area contributed by atoms with Gasteiger partial charge in [-0.05, 0) is 58.0 Å². The Morgan fingerprint density at radius 1 is 1.05 bits per heavy atom. The lowest BCUT2D eigenvalue weighted by Crippen LogP contribution is -2.36. The second-order valence-electron chi connectivity index (χ2n) is 10.9. The number of halogens is 1. The van der Waals surface area contributed by atoms with Crippen molar-refractivity contribution in [2.45, 2.75) is 46.3 Å². The quantitative estimate of drug-likeness (QED) is 0.331. The minimum Gasteiger partial charge on any atom is -0.497 e. The summed E-state index contributed by atoms with van der Waals surface area (Å²) >= 11 is 6.18. The molecule has 1 aromatic heterocycles. The van der Waals surface area contributed by atoms with Crippen LogP contribution in [0.25, 0.3) is 5.69 Å². The van der Waals surface area contributed by atoms with Crippen LogP contribution in [0.15, 0.2) is 47.5 Å². The molecule has 0 radical (unpaired) electrons. The maximum atomic E-state index is 13.3. The molecule has 3 aromatic rings. The molecule has 0 fully saturated rings. The zero-order valence-electron chi connectivity index (χ0n) is 24.7. The van der Waals surface area contributed by atoms with E-state index in [0.717, 1.165) is 16.8 Å². The normalized spacial score (nSPS) is 15.0. The molecular formula is C30H37ClN6O5. The van der Waals surface area contributed by atoms with Crippen molar-refractivity contribution in [1.29, 1.82) is 0 Å². The van der Waals surface area contributed by atoms with Crippen molar-refractivity contribution >= 4 is 29.3 Å². The molecule has 0 saturated carbocycles. The summed E-state index contributed by atoms with van der Waals surface area (Å²) in [6, 6.07) is 12.5. The Labute approximate surface area is 250 Å². The predicted molar refractivity (Wildman–Crippen MR) is 160 cm³/mol. The summed E-state index contributed by atoms with van der Waals surface area (Å²) in [6.45, 7) is 10.2. The van der Waals surface area contributed by atoms with E-state index in [9.17, 15) is 9.59 Å². The predicted octanol–water partition coefficient (Wildman–Crippen LogP) is 4.42. The first kappa shape index (κ1) is 31.0. The van der Waals surface area contributed by atoms with Gasteiger partial charge in [0, 0.05) is 29.2 Å². The number of hydrogen-bond acceptors (Lipinski definition) is 8. The number of carbonyl (C=O) groups excluding carboxylic acids is 2. The standard InChI is InChI=1S/C30H37ClN6O5/c1-18(28(38)32-13-15-41-16-14-33-29(39)42-30(3,4)5)25-27-36-35-19(2)37(27)24-12-11-22(40-6)17-23(24)26(34-25)20-7-9-21(31)10-8-20/h7-12,17-18,25H,13-16H2,1-6H3,(H,32,38)(H,33,39)/t18-,25+/m1/s1. The number of benzene rings is 2. The molecule has 2 atom stereocenters. The van der Waals surface area contributed by atoms with Gasteiger partial charge < -0.3 is 24.8 Å². The van der Waals surface area contributed by atoms with Gasteiger partial charge in [-0.1, -0.05) is 30.7 Å². The number of nitrogens with zero attached hydrogens (tertiary/aromatic N) is 4. The first-order valence-corrected chi connectivity index (χ1v) is 14.1. The molecule has 0 saturated heterocycles. The van der Waals surface area contributed by atoms with Crippen LogP contribution in [-0.2, 0) is 14.3 Å². The number of carbonyl (C=O) groups is 2. The van der Waals surface area contributed by atoms with Crippen molar-refractivity contribution in [2.75, 3.05) is 33.4 Å². The monoisotopic (exact) mass is 596 g/mol. The van der Waals surface area contributed by atoms with Crippen molar-refractivity contribution in [3.63, 3.8) is 0 Å². The molecule has 2 amide bonds. The second-order valence-corrected chi connectivity index (χ2v) is 11.3. The van der Waals surface area contributed by atoms with Gasteiger partial charge in [0.05, 0.1) is 37.6 Å². The SMILES string of the molecule is COc1ccc2c(c1)C(c1ccc(Cl)cc1)=N[C@@H]([C@@H](C)C(=O)NCCOCCNC(=O)OC(C)(C)C)c1nnc(C)n1-2. The highest BCUT2D eigenvalue weighted by Gasteiger charge is 2.34. The van der Waals surface area contributed by atoms with Crippen LogP contribution in [0.5, 0.6) is 5.75 Å². The molecule has 2 N–H and O–H groups in total. The van der Waals surface area contributed by atoms with E-state index in [1.54, 1.807) is 27.9 Å². The molecule has 42 heavy (non-hydrogen) atoms. The second kappa shape index (κ2) is 13.3. The minimum atomic E-state index is -0.630. The third kappa shape index (κ3) is 7.46. The van der Waals surface area contributed by atoms with Crippen molar-refractivity contribution < 1.29 is 23.8 Å². The number of ether oxygens (including phenoxy) is 3. The van der Waals surface area contributed by atoms with Crippen molar-refractivity contribution in [3.05, 3.63) is 70.3 Å². The highest BCUT2D eigenvalue weighted by molar-refractivity contribution is 6.30. The molecule has 1 aliphatic rings. The van der Waals surface area contributed by atoms with E-state index in [4.69, 9.17) is 30.8 Å². The summed E-state index contributed by atoms with van der Waals surface area (Å²) in [4.78, 5) is 30.2. The third-order valence-corrected chi connectivity index (χ3v) is 6.80. The van der Waals surface area contributed by atoms with Crippen LogP contribution in [0.2, 0.25) is 5.02 Å². The van der Waals surface area contributed by atoms with Gasteiger partial charge in [0.15, 0.2) is 5.82 Å². The van der Waals surface area contributed by atoms with Crippen molar-refractivity contribution in [3.8, 4) is 11.4 Å². The number of rotatable bonds is 10. The van der Waals surface area contributed by atoms with Gasteiger partial charge in [-0.2, -0.15) is 0 Å². The molecule has 2 aromatic carbocycles. The fourth-order valence-corrected chi connectivity index (χ4v) is 4.65. The van der Waals surface area contributed by atoms with Crippen LogP contribution in [0.3, 0.4) is 0 Å². The van der Waals surface area contributed by atoms with Gasteiger partial charge in [-0.25, -0.2) is 4.79 Å². The molecule has 12 heteroatoms. The van der Waals surface area contributed by atoms with Gasteiger partial charge in [0.2, 0.25) is 5.91 Å². The fourth-order valence-electron chi connectivity index (χ4n) is 4.53. The van der Waals surface area contributed by atoms with Crippen LogP contribution in [-0.4, -0.2) is 71.5 Å². The van der Waals surface area contributed by atoms with E-state index >= 15 is 0 Å². The van der Waals surface area contributed by atoms with E-state index in [1.807, 2.05) is 60.9 Å². The Morgan fingerprint density at radius 3 is 2.40 bits per heavy atom. The number of nitrogens with one attached hydrogen (secondary N) is 2. The highest BCUT2D eigenvalue weighted by atomic mass is 35.5. The summed E-state index contributed by atoms with van der Waals surface area (Å²) in [5, 5.41) is 15.0. The molecule has 4 rings (SSSR count). The minimum absolute atomic E-state index is 0.203. The molecule has 0 aliphatic carbocycles. The molecule has 0 spiro atoms. The lowest BCUT2D eigenvalue weighted by atomic mass is 9.98. The maximum Gasteiger partial charge on any atom is 0.407 e. The summed E-state index contributed by atoms with van der Waals surface area (Å²) in [5.74, 6) is 1.13. The van der Waals surface area contributed by atoms with Gasteiger partial charge in [-0.3, -0.25) is 14.4 Å². The van der Waals surface area contributed by atoms with Crippen LogP contribution < -0.4 is 15.4 Å². The summed E-state index contributed by atoms with van der Waals surface area (Å²) in [5.41, 5.74) is 2.63. The third-order valence-electron chi connectivity index (χ3n) is 6.55. The van der Waals surface area contributed by atoms with E-state index in [2.05, 4.69) is 20.8 Å². The van der Waals surface area contributed by atoms with E-state index in [0.29, 0.717) is 41.2 Å². The Morgan fingerprint density at radius 2 is 1.74 bits per heavy atom. The van der Waals surface area contributed by atoms with Gasteiger partial charge in [0.1, 0.15) is 23.2 Å². The van der Waals surface area contributed by atoms with Crippen LogP contribution in [0.1, 0.15) is 56.5 Å². The molecular weight excluding hydrogens is 560 g/mol. The van der Waals surface area contributed by atoms with E-state index in [1.165, 1.54) is 0 Å². The number of fused-ring (bicyclic) bond motifs is 3. The summed E-state index contributed by atoms with van der Waals surface area (Å²) in [7, 11) is 1.61. The number of amides is 2. The van der Waals surface area contributed by atoms with Crippen molar-refractivity contribution in [1.82, 2.24) is 25.4 Å². The number of methoxy groups -OCH3 is 1. The average Bonchev–Trinajstić information content (AvgIpc) is 3.25. The van der Waals surface area contributed by atoms with Crippen LogP contribution in [0.4, 0.5) is 4.79 Å². The van der Waals surface area contributed by atoms with Crippen molar-refractivity contribution in [2.24, 2.45) is 10.9 Å². The average molecular weight is 597 g/mol. The zero-order valence-corrected chi connectivity index (χ0v) is 25.5. The number of aliphatic imine (C=N–C) groups is 1. The number of aryl methyl sites for hydroxylation is 1. The number of hydrogen-bond donors (Lipinski definition) is 2. The molecule has 0 unspecified atom stereocenters. The molecule has 2 heterocycles. The lowest BCUT2D eigenvalue weighted by Gasteiger charge is -2.20. The van der Waals surface area contributed by atoms with Gasteiger partial charge >= 0.3 is 6.09 Å². The Balaban J connectivity index is 1.49. The molecule has 224 valence electrons. The van der Waals surface area contributed by atoms with Crippen LogP contribution in [0, 0.1) is 12.8 Å². The number of aromatic nitrogens is 3. The Hall–Kier alpha value is -3.96. The fraction of sp³-hybridized carbons (Fsp3) is 0.433. The van der Waals surface area contributed by atoms with Gasteiger partial charge in [0.25, 0.3) is 0 Å². The lowest BCUT2D eigenvalue weighted by molar-refractivity contribution is -0.125. The smallest absolute Gasteiger partial charge is 0.407 e. The summed E-state index contributed by atoms with van der Waals surface area (Å²) < 4.78 is 18.2. The zero-order chi connectivity index (χ0) is 30.4. The Kier molecular flexibility index (Phi) is 9.85. The first-order chi connectivity index (χ1) is 20.0. The first-order valence-electron chi connectivity index (χ1n) is 13.7. The molecule has 0 bridgehead atoms. The van der Waals surface area contributed by atoms with Crippen LogP contribution >= 0.6 is 11.6 Å². The van der Waals surface area contributed by atoms with E-state index < -0.39 is 23.7 Å². The van der Waals surface area contributed by atoms with Gasteiger partial charge in [-0.15, -0.1) is 10.2 Å². The molecule has 11 nitrogen and oxygen atoms in total. The largest absolute Gasteiger partial charge is 0.497 e. The Bertz CT molecular complexity index is 1450. The maximum absolute atomic E-state index is 13.3. The molecule has 1 aliphatic heterocycles. The topological polar surface area (TPSA) is 129 Å². The summed E-state index contributed by atoms with van der Waals surface area (Å²) in [6.07, 6.45) is -0.501. The number of alkyl carbamates (subject to hydrolysis) is 1.